The molecule has 0 aromatic rings. The Labute approximate surface area is 154 Å². The third kappa shape index (κ3) is 3.06. The topological polar surface area (TPSA) is 23.6 Å². The number of carbonyl (C=O) groups excluding carboxylic acids is 1. The lowest BCUT2D eigenvalue weighted by molar-refractivity contribution is -0.140. The van der Waals surface area contributed by atoms with Gasteiger partial charge in [0.15, 0.2) is 0 Å². The Morgan fingerprint density at radius 2 is 1.67 bits per heavy atom. The molecule has 1 aliphatic heterocycles. The van der Waals surface area contributed by atoms with Gasteiger partial charge in [0.2, 0.25) is 5.91 Å². The van der Waals surface area contributed by atoms with Crippen molar-refractivity contribution in [2.24, 2.45) is 23.2 Å². The van der Waals surface area contributed by atoms with Crippen molar-refractivity contribution in [3.8, 4) is 0 Å². The number of rotatable bonds is 4. The molecule has 5 saturated carbocycles. The van der Waals surface area contributed by atoms with E-state index in [4.69, 9.17) is 0 Å². The van der Waals surface area contributed by atoms with Crippen molar-refractivity contribution in [1.82, 2.24) is 9.80 Å². The Balaban J connectivity index is 1.20. The maximum absolute atomic E-state index is 13.0. The second-order valence-corrected chi connectivity index (χ2v) is 11.6. The number of carbonyl (C=O) groups is 1. The van der Waals surface area contributed by atoms with Gasteiger partial charge in [-0.3, -0.25) is 9.69 Å². The number of piperazine rings is 1. The van der Waals surface area contributed by atoms with E-state index < -0.39 is 0 Å². The molecule has 0 radical (unpaired) electrons. The molecule has 6 aliphatic rings. The SMILES string of the molecule is O=C(CC12CC3CC(CC(Br)(C3)C1)C2)N1CCN(CC2CC2)CC1. The molecule has 5 aliphatic carbocycles. The van der Waals surface area contributed by atoms with E-state index in [1.165, 1.54) is 57.9 Å². The van der Waals surface area contributed by atoms with Crippen LogP contribution in [0.1, 0.15) is 57.8 Å². The van der Waals surface area contributed by atoms with Crippen LogP contribution in [-0.4, -0.2) is 52.8 Å². The minimum Gasteiger partial charge on any atom is -0.340 e. The molecule has 3 nitrogen and oxygen atoms in total. The molecule has 1 saturated heterocycles. The van der Waals surface area contributed by atoms with Gasteiger partial charge in [0.05, 0.1) is 0 Å². The van der Waals surface area contributed by atoms with E-state index in [1.807, 2.05) is 0 Å². The minimum absolute atomic E-state index is 0.329. The van der Waals surface area contributed by atoms with Gasteiger partial charge in [-0.15, -0.1) is 0 Å². The second kappa shape index (κ2) is 5.70. The molecule has 0 spiro atoms. The molecule has 6 fully saturated rings. The fourth-order valence-corrected chi connectivity index (χ4v) is 8.33. The van der Waals surface area contributed by atoms with Crippen molar-refractivity contribution in [3.63, 3.8) is 0 Å². The van der Waals surface area contributed by atoms with Crippen LogP contribution in [0.15, 0.2) is 0 Å². The maximum atomic E-state index is 13.0. The fraction of sp³-hybridized carbons (Fsp3) is 0.950. The van der Waals surface area contributed by atoms with Crippen molar-refractivity contribution >= 4 is 21.8 Å². The van der Waals surface area contributed by atoms with E-state index in [9.17, 15) is 4.79 Å². The van der Waals surface area contributed by atoms with Crippen LogP contribution in [0.5, 0.6) is 0 Å². The zero-order valence-corrected chi connectivity index (χ0v) is 16.4. The van der Waals surface area contributed by atoms with Crippen LogP contribution in [0.25, 0.3) is 0 Å². The molecule has 4 heteroatoms. The minimum atomic E-state index is 0.329. The highest BCUT2D eigenvalue weighted by Crippen LogP contribution is 2.65. The number of hydrogen-bond donors (Lipinski definition) is 0. The van der Waals surface area contributed by atoms with Crippen molar-refractivity contribution in [3.05, 3.63) is 0 Å². The summed E-state index contributed by atoms with van der Waals surface area (Å²) >= 11 is 4.08. The molecular weight excluding hydrogens is 364 g/mol. The molecule has 134 valence electrons. The van der Waals surface area contributed by atoms with Crippen LogP contribution in [0.2, 0.25) is 0 Å². The average molecular weight is 395 g/mol. The quantitative estimate of drug-likeness (QED) is 0.679. The predicted octanol–water partition coefficient (Wildman–Crippen LogP) is 3.66. The molecule has 2 atom stereocenters. The highest BCUT2D eigenvalue weighted by molar-refractivity contribution is 9.10. The van der Waals surface area contributed by atoms with Crippen LogP contribution in [0, 0.1) is 23.2 Å². The molecular formula is C20H31BrN2O. The molecule has 0 aromatic heterocycles. The van der Waals surface area contributed by atoms with Gasteiger partial charge in [-0.1, -0.05) is 15.9 Å². The number of halogens is 1. The lowest BCUT2D eigenvalue weighted by Gasteiger charge is -2.60. The first kappa shape index (κ1) is 16.1. The van der Waals surface area contributed by atoms with Crippen LogP contribution >= 0.6 is 15.9 Å². The summed E-state index contributed by atoms with van der Waals surface area (Å²) in [6.07, 6.45) is 11.7. The Hall–Kier alpha value is -0.0900. The lowest BCUT2D eigenvalue weighted by Crippen LogP contribution is -2.55. The van der Waals surface area contributed by atoms with Crippen LogP contribution in [0.4, 0.5) is 0 Å². The zero-order chi connectivity index (χ0) is 16.4. The van der Waals surface area contributed by atoms with Gasteiger partial charge in [0.1, 0.15) is 0 Å². The number of hydrogen-bond acceptors (Lipinski definition) is 2. The van der Waals surface area contributed by atoms with E-state index >= 15 is 0 Å². The third-order valence-corrected chi connectivity index (χ3v) is 8.50. The van der Waals surface area contributed by atoms with Gasteiger partial charge in [-0.05, 0) is 74.5 Å². The number of amides is 1. The number of alkyl halides is 1. The largest absolute Gasteiger partial charge is 0.340 e. The summed E-state index contributed by atoms with van der Waals surface area (Å²) in [5, 5.41) is 0. The summed E-state index contributed by atoms with van der Waals surface area (Å²) in [6.45, 7) is 5.41. The van der Waals surface area contributed by atoms with Gasteiger partial charge in [-0.2, -0.15) is 0 Å². The highest BCUT2D eigenvalue weighted by atomic mass is 79.9. The first-order chi connectivity index (χ1) is 11.5. The van der Waals surface area contributed by atoms with Crippen LogP contribution in [-0.2, 0) is 4.79 Å². The standard InChI is InChI=1S/C20H31BrN2O/c21-20-10-16-7-17(11-20)9-19(8-16,14-20)12-18(24)23-5-3-22(4-6-23)13-15-1-2-15/h15-17H,1-14H2. The maximum Gasteiger partial charge on any atom is 0.223 e. The molecule has 6 rings (SSSR count). The van der Waals surface area contributed by atoms with E-state index in [2.05, 4.69) is 25.7 Å². The highest BCUT2D eigenvalue weighted by Gasteiger charge is 2.57. The Morgan fingerprint density at radius 1 is 1.00 bits per heavy atom. The third-order valence-electron chi connectivity index (χ3n) is 7.58. The second-order valence-electron chi connectivity index (χ2n) is 9.91. The Bertz CT molecular complexity index is 510. The molecule has 0 N–H and O–H groups in total. The van der Waals surface area contributed by atoms with Crippen LogP contribution in [0.3, 0.4) is 0 Å². The van der Waals surface area contributed by atoms with Crippen molar-refractivity contribution in [2.75, 3.05) is 32.7 Å². The molecule has 0 aromatic carbocycles. The summed E-state index contributed by atoms with van der Waals surface area (Å²) in [7, 11) is 0. The van der Waals surface area contributed by atoms with Gasteiger partial charge < -0.3 is 4.90 Å². The summed E-state index contributed by atoms with van der Waals surface area (Å²) in [4.78, 5) is 17.8. The van der Waals surface area contributed by atoms with Gasteiger partial charge in [0, 0.05) is 43.5 Å². The van der Waals surface area contributed by atoms with E-state index in [-0.39, 0.29) is 0 Å². The zero-order valence-electron chi connectivity index (χ0n) is 14.8. The first-order valence-corrected chi connectivity index (χ1v) is 11.0. The Kier molecular flexibility index (Phi) is 3.83. The normalized spacial score (nSPS) is 45.0. The van der Waals surface area contributed by atoms with E-state index in [1.54, 1.807) is 0 Å². The molecule has 1 heterocycles. The van der Waals surface area contributed by atoms with E-state index in [0.717, 1.165) is 50.4 Å². The summed E-state index contributed by atoms with van der Waals surface area (Å²) < 4.78 is 0.375. The molecule has 24 heavy (non-hydrogen) atoms. The molecule has 2 unspecified atom stereocenters. The molecule has 4 bridgehead atoms. The summed E-state index contributed by atoms with van der Waals surface area (Å²) in [6, 6.07) is 0. The monoisotopic (exact) mass is 394 g/mol. The van der Waals surface area contributed by atoms with Gasteiger partial charge >= 0.3 is 0 Å². The predicted molar refractivity (Wildman–Crippen MR) is 99.1 cm³/mol. The van der Waals surface area contributed by atoms with Gasteiger partial charge in [-0.25, -0.2) is 0 Å². The average Bonchev–Trinajstić information content (AvgIpc) is 3.28. The summed E-state index contributed by atoms with van der Waals surface area (Å²) in [5.74, 6) is 3.19. The smallest absolute Gasteiger partial charge is 0.223 e. The van der Waals surface area contributed by atoms with E-state index in [0.29, 0.717) is 15.6 Å². The molecule has 1 amide bonds. The van der Waals surface area contributed by atoms with Crippen LogP contribution < -0.4 is 0 Å². The van der Waals surface area contributed by atoms with Crippen molar-refractivity contribution in [2.45, 2.75) is 62.1 Å². The first-order valence-electron chi connectivity index (χ1n) is 10.2. The Morgan fingerprint density at radius 3 is 2.25 bits per heavy atom. The summed E-state index contributed by atoms with van der Waals surface area (Å²) in [5.41, 5.74) is 0.329. The van der Waals surface area contributed by atoms with Gasteiger partial charge in [0.25, 0.3) is 0 Å². The lowest BCUT2D eigenvalue weighted by atomic mass is 9.48. The van der Waals surface area contributed by atoms with Crippen molar-refractivity contribution in [1.29, 1.82) is 0 Å². The number of nitrogens with zero attached hydrogens (tertiary/aromatic N) is 2. The fourth-order valence-electron chi connectivity index (χ4n) is 6.82. The van der Waals surface area contributed by atoms with Crippen molar-refractivity contribution < 1.29 is 4.79 Å².